The van der Waals surface area contributed by atoms with Crippen molar-refractivity contribution in [3.8, 4) is 5.75 Å². The van der Waals surface area contributed by atoms with Crippen molar-refractivity contribution in [2.45, 2.75) is 31.1 Å². The van der Waals surface area contributed by atoms with Crippen molar-refractivity contribution >= 4 is 51.8 Å². The molecule has 2 heterocycles. The van der Waals surface area contributed by atoms with E-state index < -0.39 is 0 Å². The molecule has 2 aromatic heterocycles. The lowest BCUT2D eigenvalue weighted by Crippen LogP contribution is -2.31. The Labute approximate surface area is 205 Å². The summed E-state index contributed by atoms with van der Waals surface area (Å²) in [6.07, 6.45) is 4.37. The molecule has 2 amide bonds. The summed E-state index contributed by atoms with van der Waals surface area (Å²) in [5, 5.41) is 17.5. The molecule has 0 saturated carbocycles. The van der Waals surface area contributed by atoms with Gasteiger partial charge in [-0.25, -0.2) is 4.98 Å². The molecule has 0 aliphatic heterocycles. The predicted molar refractivity (Wildman–Crippen MR) is 133 cm³/mol. The van der Waals surface area contributed by atoms with E-state index in [0.717, 1.165) is 5.75 Å². The van der Waals surface area contributed by atoms with Crippen LogP contribution in [0.5, 0.6) is 5.75 Å². The van der Waals surface area contributed by atoms with Gasteiger partial charge < -0.3 is 19.9 Å². The Kier molecular flexibility index (Phi) is 9.58. The number of ether oxygens (including phenoxy) is 1. The zero-order chi connectivity index (χ0) is 23.6. The Morgan fingerprint density at radius 2 is 2.03 bits per heavy atom. The molecule has 0 bridgehead atoms. The Bertz CT molecular complexity index is 1040. The van der Waals surface area contributed by atoms with Gasteiger partial charge in [-0.1, -0.05) is 11.8 Å². The number of rotatable bonds is 12. The second-order valence-electron chi connectivity index (χ2n) is 6.80. The number of nitrogens with zero attached hydrogens (tertiary/aromatic N) is 4. The zero-order valence-corrected chi connectivity index (χ0v) is 21.1. The Balaban J connectivity index is 1.71. The van der Waals surface area contributed by atoms with Crippen LogP contribution in [0.3, 0.4) is 0 Å². The van der Waals surface area contributed by atoms with Gasteiger partial charge in [0.05, 0.1) is 18.9 Å². The van der Waals surface area contributed by atoms with Crippen molar-refractivity contribution < 1.29 is 14.3 Å². The summed E-state index contributed by atoms with van der Waals surface area (Å²) in [5.74, 6) is 2.06. The summed E-state index contributed by atoms with van der Waals surface area (Å²) >= 11 is 4.37. The van der Waals surface area contributed by atoms with Crippen LogP contribution in [0.25, 0.3) is 0 Å². The van der Waals surface area contributed by atoms with Gasteiger partial charge in [-0.3, -0.25) is 9.59 Å². The van der Waals surface area contributed by atoms with Gasteiger partial charge in [-0.2, -0.15) is 11.8 Å². The van der Waals surface area contributed by atoms with Gasteiger partial charge >= 0.3 is 0 Å². The van der Waals surface area contributed by atoms with Crippen LogP contribution >= 0.6 is 34.9 Å². The Hall–Kier alpha value is -2.57. The molecule has 0 fully saturated rings. The van der Waals surface area contributed by atoms with E-state index in [1.165, 1.54) is 23.1 Å². The maximum atomic E-state index is 12.9. The molecule has 2 N–H and O–H groups in total. The smallest absolute Gasteiger partial charge is 0.251 e. The molecule has 0 spiro atoms. The third-order valence-electron chi connectivity index (χ3n) is 4.65. The van der Waals surface area contributed by atoms with Crippen LogP contribution in [-0.2, 0) is 11.3 Å². The first-order chi connectivity index (χ1) is 16.0. The topological polar surface area (TPSA) is 111 Å². The van der Waals surface area contributed by atoms with E-state index in [0.29, 0.717) is 40.4 Å². The molecule has 0 aliphatic rings. The van der Waals surface area contributed by atoms with Crippen LogP contribution in [0.4, 0.5) is 5.13 Å². The van der Waals surface area contributed by atoms with E-state index in [-0.39, 0.29) is 23.6 Å². The van der Waals surface area contributed by atoms with Gasteiger partial charge in [0.1, 0.15) is 5.75 Å². The molecule has 0 unspecified atom stereocenters. The first-order valence-corrected chi connectivity index (χ1v) is 13.5. The van der Waals surface area contributed by atoms with Crippen LogP contribution in [0.15, 0.2) is 41.0 Å². The standard InChI is InChI=1S/C21H26N6O3S3/c1-4-27-18(25-26-21(27)33-13-17(28)24-20-22-10-12-32-20)16(9-11-31-3)23-19(29)14-5-7-15(30-2)8-6-14/h5-8,10,12,16H,4,9,11,13H2,1-3H3,(H,23,29)(H,22,24,28)/t16-/m1/s1. The van der Waals surface area contributed by atoms with Gasteiger partial charge in [-0.05, 0) is 49.6 Å². The van der Waals surface area contributed by atoms with Crippen molar-refractivity contribution in [2.24, 2.45) is 0 Å². The lowest BCUT2D eigenvalue weighted by atomic mass is 10.1. The molecule has 0 aliphatic carbocycles. The average molecular weight is 507 g/mol. The predicted octanol–water partition coefficient (Wildman–Crippen LogP) is 3.72. The molecule has 1 atom stereocenters. The number of methoxy groups -OCH3 is 1. The van der Waals surface area contributed by atoms with Crippen LogP contribution in [0.1, 0.15) is 35.6 Å². The molecule has 3 aromatic rings. The van der Waals surface area contributed by atoms with Gasteiger partial charge in [0, 0.05) is 23.7 Å². The van der Waals surface area contributed by atoms with Crippen molar-refractivity contribution in [3.63, 3.8) is 0 Å². The number of nitrogens with one attached hydrogen (secondary N) is 2. The van der Waals surface area contributed by atoms with E-state index in [9.17, 15) is 9.59 Å². The lowest BCUT2D eigenvalue weighted by molar-refractivity contribution is -0.113. The number of hydrogen-bond donors (Lipinski definition) is 2. The molecule has 1 aromatic carbocycles. The largest absolute Gasteiger partial charge is 0.497 e. The summed E-state index contributed by atoms with van der Waals surface area (Å²) < 4.78 is 7.11. The number of amides is 2. The summed E-state index contributed by atoms with van der Waals surface area (Å²) in [6, 6.07) is 6.66. The zero-order valence-electron chi connectivity index (χ0n) is 18.6. The second-order valence-corrected chi connectivity index (χ2v) is 9.62. The summed E-state index contributed by atoms with van der Waals surface area (Å²) in [7, 11) is 1.59. The van der Waals surface area contributed by atoms with Gasteiger partial charge in [-0.15, -0.1) is 21.5 Å². The number of carbonyl (C=O) groups is 2. The third-order valence-corrected chi connectivity index (χ3v) is 6.95. The fourth-order valence-electron chi connectivity index (χ4n) is 3.02. The molecule has 33 heavy (non-hydrogen) atoms. The number of thiazole rings is 1. The highest BCUT2D eigenvalue weighted by molar-refractivity contribution is 7.99. The Morgan fingerprint density at radius 1 is 1.24 bits per heavy atom. The second kappa shape index (κ2) is 12.6. The van der Waals surface area contributed by atoms with E-state index in [1.54, 1.807) is 54.7 Å². The molecule has 0 saturated heterocycles. The maximum absolute atomic E-state index is 12.9. The highest BCUT2D eigenvalue weighted by Crippen LogP contribution is 2.24. The first-order valence-electron chi connectivity index (χ1n) is 10.2. The first kappa shape index (κ1) is 25.1. The quantitative estimate of drug-likeness (QED) is 0.358. The van der Waals surface area contributed by atoms with E-state index >= 15 is 0 Å². The van der Waals surface area contributed by atoms with Crippen molar-refractivity contribution in [1.82, 2.24) is 25.1 Å². The fourth-order valence-corrected chi connectivity index (χ4v) is 4.84. The van der Waals surface area contributed by atoms with E-state index in [4.69, 9.17) is 4.74 Å². The number of anilines is 1. The monoisotopic (exact) mass is 506 g/mol. The molecular formula is C21H26N6O3S3. The number of hydrogen-bond acceptors (Lipinski definition) is 9. The van der Waals surface area contributed by atoms with E-state index in [1.807, 2.05) is 17.7 Å². The maximum Gasteiger partial charge on any atom is 0.251 e. The molecular weight excluding hydrogens is 480 g/mol. The lowest BCUT2D eigenvalue weighted by Gasteiger charge is -2.19. The number of benzene rings is 1. The summed E-state index contributed by atoms with van der Waals surface area (Å²) in [6.45, 7) is 2.61. The molecule has 0 radical (unpaired) electrons. The third kappa shape index (κ3) is 6.95. The Morgan fingerprint density at radius 3 is 2.67 bits per heavy atom. The fraction of sp³-hybridized carbons (Fsp3) is 0.381. The minimum absolute atomic E-state index is 0.158. The van der Waals surface area contributed by atoms with Gasteiger partial charge in [0.15, 0.2) is 16.1 Å². The minimum Gasteiger partial charge on any atom is -0.497 e. The summed E-state index contributed by atoms with van der Waals surface area (Å²) in [5.41, 5.74) is 0.543. The number of carbonyl (C=O) groups excluding carboxylic acids is 2. The van der Waals surface area contributed by atoms with Crippen LogP contribution in [-0.4, -0.2) is 56.4 Å². The highest BCUT2D eigenvalue weighted by atomic mass is 32.2. The minimum atomic E-state index is -0.307. The molecule has 176 valence electrons. The number of aromatic nitrogens is 4. The van der Waals surface area contributed by atoms with E-state index in [2.05, 4.69) is 25.8 Å². The highest BCUT2D eigenvalue weighted by Gasteiger charge is 2.23. The van der Waals surface area contributed by atoms with Crippen LogP contribution < -0.4 is 15.4 Å². The summed E-state index contributed by atoms with van der Waals surface area (Å²) in [4.78, 5) is 29.2. The number of thioether (sulfide) groups is 2. The van der Waals surface area contributed by atoms with Crippen LogP contribution in [0, 0.1) is 0 Å². The molecule has 12 heteroatoms. The SMILES string of the molecule is CCn1c(SCC(=O)Nc2nccs2)nnc1[C@@H](CCSC)NC(=O)c1ccc(OC)cc1. The van der Waals surface area contributed by atoms with Crippen molar-refractivity contribution in [1.29, 1.82) is 0 Å². The normalized spacial score (nSPS) is 11.7. The van der Waals surface area contributed by atoms with Gasteiger partial charge in [0.2, 0.25) is 5.91 Å². The van der Waals surface area contributed by atoms with Crippen molar-refractivity contribution in [2.75, 3.05) is 30.2 Å². The molecule has 9 nitrogen and oxygen atoms in total. The van der Waals surface area contributed by atoms with Crippen molar-refractivity contribution in [3.05, 3.63) is 47.2 Å². The average Bonchev–Trinajstić information content (AvgIpc) is 3.49. The van der Waals surface area contributed by atoms with Gasteiger partial charge in [0.25, 0.3) is 5.91 Å². The van der Waals surface area contributed by atoms with Crippen LogP contribution in [0.2, 0.25) is 0 Å². The molecule has 3 rings (SSSR count).